The lowest BCUT2D eigenvalue weighted by Crippen LogP contribution is -2.01. The number of Topliss-reactive ketones (excluding diaryl/α,β-unsaturated/α-hetero) is 1. The first-order valence-corrected chi connectivity index (χ1v) is 3.47. The summed E-state index contributed by atoms with van der Waals surface area (Å²) in [5, 5.41) is 0. The highest BCUT2D eigenvalue weighted by atomic mass is 35.5. The summed E-state index contributed by atoms with van der Waals surface area (Å²) in [5.41, 5.74) is 0.208. The summed E-state index contributed by atoms with van der Waals surface area (Å²) < 4.78 is 12.4. The molecule has 2 nitrogen and oxygen atoms in total. The molecule has 0 aromatic carbocycles. The average molecular weight is 210 g/mol. The number of pyridine rings is 1. The Morgan fingerprint density at radius 2 is 2.25 bits per heavy atom. The van der Waals surface area contributed by atoms with Gasteiger partial charge in [-0.15, -0.1) is 24.0 Å². The third kappa shape index (κ3) is 2.75. The van der Waals surface area contributed by atoms with Gasteiger partial charge in [-0.05, 0) is 6.07 Å². The molecular formula is C7H6Cl2FNO. The molecule has 0 aliphatic carbocycles. The van der Waals surface area contributed by atoms with Crippen LogP contribution in [0.5, 0.6) is 0 Å². The zero-order valence-corrected chi connectivity index (χ0v) is 7.53. The summed E-state index contributed by atoms with van der Waals surface area (Å²) in [4.78, 5) is 14.3. The molecule has 0 saturated heterocycles. The van der Waals surface area contributed by atoms with Crippen LogP contribution in [-0.2, 0) is 0 Å². The SMILES string of the molecule is Cl.O=C(CCl)c1cncc(F)c1. The van der Waals surface area contributed by atoms with Crippen molar-refractivity contribution in [3.8, 4) is 0 Å². The highest BCUT2D eigenvalue weighted by molar-refractivity contribution is 6.30. The van der Waals surface area contributed by atoms with Crippen molar-refractivity contribution in [2.24, 2.45) is 0 Å². The third-order valence-corrected chi connectivity index (χ3v) is 1.39. The minimum atomic E-state index is -0.527. The molecule has 12 heavy (non-hydrogen) atoms. The lowest BCUT2D eigenvalue weighted by atomic mass is 10.2. The van der Waals surface area contributed by atoms with E-state index in [9.17, 15) is 9.18 Å². The van der Waals surface area contributed by atoms with Crippen LogP contribution in [-0.4, -0.2) is 16.6 Å². The van der Waals surface area contributed by atoms with Crippen molar-refractivity contribution in [1.82, 2.24) is 4.98 Å². The maximum absolute atomic E-state index is 12.4. The van der Waals surface area contributed by atoms with Crippen molar-refractivity contribution >= 4 is 29.8 Å². The van der Waals surface area contributed by atoms with Crippen LogP contribution in [0.2, 0.25) is 0 Å². The minimum Gasteiger partial charge on any atom is -0.293 e. The minimum absolute atomic E-state index is 0. The van der Waals surface area contributed by atoms with E-state index in [4.69, 9.17) is 11.6 Å². The second-order valence-electron chi connectivity index (χ2n) is 1.95. The van der Waals surface area contributed by atoms with E-state index in [1.807, 2.05) is 0 Å². The number of hydrogen-bond donors (Lipinski definition) is 0. The number of nitrogens with zero attached hydrogens (tertiary/aromatic N) is 1. The topological polar surface area (TPSA) is 30.0 Å². The van der Waals surface area contributed by atoms with Gasteiger partial charge in [0.05, 0.1) is 12.1 Å². The molecule has 0 aliphatic heterocycles. The van der Waals surface area contributed by atoms with Gasteiger partial charge >= 0.3 is 0 Å². The standard InChI is InChI=1S/C7H5ClFNO.ClH/c8-2-7(11)5-1-6(9)4-10-3-5;/h1,3-4H,2H2;1H. The van der Waals surface area contributed by atoms with Crippen LogP contribution in [0.15, 0.2) is 18.5 Å². The molecular weight excluding hydrogens is 204 g/mol. The van der Waals surface area contributed by atoms with Gasteiger partial charge in [0.15, 0.2) is 5.78 Å². The van der Waals surface area contributed by atoms with E-state index < -0.39 is 5.82 Å². The van der Waals surface area contributed by atoms with Gasteiger partial charge < -0.3 is 0 Å². The smallest absolute Gasteiger partial charge is 0.179 e. The Morgan fingerprint density at radius 3 is 2.75 bits per heavy atom. The average Bonchev–Trinajstić information content (AvgIpc) is 2.03. The molecule has 0 fully saturated rings. The molecule has 0 bridgehead atoms. The highest BCUT2D eigenvalue weighted by Crippen LogP contribution is 2.02. The number of carbonyl (C=O) groups excluding carboxylic acids is 1. The van der Waals surface area contributed by atoms with Crippen molar-refractivity contribution in [1.29, 1.82) is 0 Å². The van der Waals surface area contributed by atoms with E-state index in [-0.39, 0.29) is 29.6 Å². The van der Waals surface area contributed by atoms with E-state index in [2.05, 4.69) is 4.98 Å². The number of halogens is 3. The summed E-state index contributed by atoms with van der Waals surface area (Å²) >= 11 is 5.24. The molecule has 0 N–H and O–H groups in total. The fraction of sp³-hybridized carbons (Fsp3) is 0.143. The van der Waals surface area contributed by atoms with E-state index in [0.29, 0.717) is 0 Å². The maximum atomic E-state index is 12.4. The van der Waals surface area contributed by atoms with Gasteiger partial charge in [-0.1, -0.05) is 0 Å². The second kappa shape index (κ2) is 5.06. The van der Waals surface area contributed by atoms with Crippen LogP contribution in [0, 0.1) is 5.82 Å². The molecule has 0 spiro atoms. The van der Waals surface area contributed by atoms with Crippen molar-refractivity contribution in [2.45, 2.75) is 0 Å². The van der Waals surface area contributed by atoms with Gasteiger partial charge in [0.25, 0.3) is 0 Å². The summed E-state index contributed by atoms with van der Waals surface area (Å²) in [6, 6.07) is 1.11. The van der Waals surface area contributed by atoms with Gasteiger partial charge in [0, 0.05) is 11.8 Å². The molecule has 1 aromatic heterocycles. The van der Waals surface area contributed by atoms with Crippen LogP contribution in [0.25, 0.3) is 0 Å². The normalized spacial score (nSPS) is 8.83. The first-order valence-electron chi connectivity index (χ1n) is 2.94. The summed E-state index contributed by atoms with van der Waals surface area (Å²) in [6.07, 6.45) is 2.32. The van der Waals surface area contributed by atoms with Crippen LogP contribution < -0.4 is 0 Å². The number of carbonyl (C=O) groups is 1. The predicted octanol–water partition coefficient (Wildman–Crippen LogP) is 2.06. The molecule has 0 atom stereocenters. The Hall–Kier alpha value is -0.670. The number of hydrogen-bond acceptors (Lipinski definition) is 2. The zero-order chi connectivity index (χ0) is 8.27. The number of rotatable bonds is 2. The molecule has 0 radical (unpaired) electrons. The van der Waals surface area contributed by atoms with Crippen molar-refractivity contribution in [3.05, 3.63) is 29.8 Å². The van der Waals surface area contributed by atoms with Gasteiger partial charge in [0.2, 0.25) is 0 Å². The molecule has 1 aromatic rings. The maximum Gasteiger partial charge on any atom is 0.179 e. The van der Waals surface area contributed by atoms with Gasteiger partial charge in [-0.3, -0.25) is 9.78 Å². The van der Waals surface area contributed by atoms with Crippen molar-refractivity contribution in [2.75, 3.05) is 5.88 Å². The molecule has 1 heterocycles. The summed E-state index contributed by atoms with van der Waals surface area (Å²) in [6.45, 7) is 0. The highest BCUT2D eigenvalue weighted by Gasteiger charge is 2.04. The predicted molar refractivity (Wildman–Crippen MR) is 46.5 cm³/mol. The molecule has 66 valence electrons. The fourth-order valence-electron chi connectivity index (χ4n) is 0.642. The Morgan fingerprint density at radius 1 is 1.58 bits per heavy atom. The van der Waals surface area contributed by atoms with Crippen LogP contribution in [0.3, 0.4) is 0 Å². The Balaban J connectivity index is 0.00000121. The van der Waals surface area contributed by atoms with E-state index in [1.165, 1.54) is 6.20 Å². The number of ketones is 1. The van der Waals surface area contributed by atoms with Crippen LogP contribution >= 0.6 is 24.0 Å². The van der Waals surface area contributed by atoms with Gasteiger partial charge in [-0.2, -0.15) is 0 Å². The van der Waals surface area contributed by atoms with Crippen LogP contribution in [0.4, 0.5) is 4.39 Å². The van der Waals surface area contributed by atoms with Crippen molar-refractivity contribution in [3.63, 3.8) is 0 Å². The van der Waals surface area contributed by atoms with E-state index >= 15 is 0 Å². The quantitative estimate of drug-likeness (QED) is 0.552. The van der Waals surface area contributed by atoms with E-state index in [1.54, 1.807) is 0 Å². The van der Waals surface area contributed by atoms with Gasteiger partial charge in [0.1, 0.15) is 5.82 Å². The zero-order valence-electron chi connectivity index (χ0n) is 5.96. The molecule has 0 amide bonds. The first kappa shape index (κ1) is 11.3. The van der Waals surface area contributed by atoms with Crippen molar-refractivity contribution < 1.29 is 9.18 Å². The monoisotopic (exact) mass is 209 g/mol. The summed E-state index contributed by atoms with van der Waals surface area (Å²) in [5.74, 6) is -0.995. The Bertz CT molecular complexity index is 280. The van der Waals surface area contributed by atoms with Crippen LogP contribution in [0.1, 0.15) is 10.4 Å². The lowest BCUT2D eigenvalue weighted by Gasteiger charge is -1.94. The molecule has 0 unspecified atom stereocenters. The van der Waals surface area contributed by atoms with E-state index in [0.717, 1.165) is 12.3 Å². The summed E-state index contributed by atoms with van der Waals surface area (Å²) in [7, 11) is 0. The number of aromatic nitrogens is 1. The molecule has 1 rings (SSSR count). The van der Waals surface area contributed by atoms with Gasteiger partial charge in [-0.25, -0.2) is 4.39 Å². The number of alkyl halides is 1. The largest absolute Gasteiger partial charge is 0.293 e. The lowest BCUT2D eigenvalue weighted by molar-refractivity contribution is 0.102. The molecule has 0 saturated carbocycles. The molecule has 0 aliphatic rings. The third-order valence-electron chi connectivity index (χ3n) is 1.15. The Kier molecular flexibility index (Phi) is 4.78. The second-order valence-corrected chi connectivity index (χ2v) is 2.22. The Labute approximate surface area is 80.2 Å². The molecule has 5 heteroatoms. The first-order chi connectivity index (χ1) is 5.24. The fourth-order valence-corrected chi connectivity index (χ4v) is 0.796.